The van der Waals surface area contributed by atoms with Gasteiger partial charge in [-0.05, 0) is 42.3 Å². The Bertz CT molecular complexity index is 629. The molecule has 0 radical (unpaired) electrons. The van der Waals surface area contributed by atoms with Crippen molar-refractivity contribution in [2.24, 2.45) is 0 Å². The molecule has 0 unspecified atom stereocenters. The molecule has 0 aliphatic carbocycles. The van der Waals surface area contributed by atoms with Crippen LogP contribution in [0, 0.1) is 0 Å². The molecule has 1 amide bonds. The highest BCUT2D eigenvalue weighted by Crippen LogP contribution is 2.28. The standard InChI is InChI=1S/C16H17BrN2OS/c1-2-11-3-6-13(7-4-11)19-16(20)10-21-15-9-12(17)5-8-14(15)18/h3-9H,2,10,18H2,1H3,(H,19,20). The fraction of sp³-hybridized carbons (Fsp3) is 0.188. The lowest BCUT2D eigenvalue weighted by Crippen LogP contribution is -2.14. The molecule has 0 aliphatic heterocycles. The molecule has 21 heavy (non-hydrogen) atoms. The van der Waals surface area contributed by atoms with Crippen LogP contribution in [0.15, 0.2) is 51.8 Å². The number of hydrogen-bond donors (Lipinski definition) is 2. The van der Waals surface area contributed by atoms with E-state index in [2.05, 4.69) is 28.2 Å². The second kappa shape index (κ2) is 7.52. The number of carbonyl (C=O) groups excluding carboxylic acids is 1. The highest BCUT2D eigenvalue weighted by Gasteiger charge is 2.06. The van der Waals surface area contributed by atoms with E-state index in [0.29, 0.717) is 11.4 Å². The van der Waals surface area contributed by atoms with Crippen molar-refractivity contribution in [3.63, 3.8) is 0 Å². The number of halogens is 1. The van der Waals surface area contributed by atoms with E-state index in [1.165, 1.54) is 17.3 Å². The fourth-order valence-electron chi connectivity index (χ4n) is 1.80. The number of carbonyl (C=O) groups is 1. The van der Waals surface area contributed by atoms with E-state index in [-0.39, 0.29) is 5.91 Å². The molecule has 0 atom stereocenters. The molecular formula is C16H17BrN2OS. The molecule has 3 nitrogen and oxygen atoms in total. The topological polar surface area (TPSA) is 55.1 Å². The smallest absolute Gasteiger partial charge is 0.234 e. The van der Waals surface area contributed by atoms with Gasteiger partial charge in [-0.25, -0.2) is 0 Å². The van der Waals surface area contributed by atoms with Crippen LogP contribution in [0.1, 0.15) is 12.5 Å². The van der Waals surface area contributed by atoms with E-state index in [0.717, 1.165) is 21.5 Å². The number of amides is 1. The van der Waals surface area contributed by atoms with E-state index in [1.54, 1.807) is 0 Å². The van der Waals surface area contributed by atoms with E-state index in [4.69, 9.17) is 5.73 Å². The number of thioether (sulfide) groups is 1. The van der Waals surface area contributed by atoms with Gasteiger partial charge in [0.25, 0.3) is 0 Å². The van der Waals surface area contributed by atoms with E-state index in [1.807, 2.05) is 42.5 Å². The summed E-state index contributed by atoms with van der Waals surface area (Å²) in [5.74, 6) is 0.291. The third-order valence-corrected chi connectivity index (χ3v) is 4.54. The van der Waals surface area contributed by atoms with Gasteiger partial charge < -0.3 is 11.1 Å². The minimum Gasteiger partial charge on any atom is -0.398 e. The molecule has 0 aromatic heterocycles. The van der Waals surface area contributed by atoms with Gasteiger partial charge in [0.2, 0.25) is 5.91 Å². The molecule has 0 saturated carbocycles. The largest absolute Gasteiger partial charge is 0.398 e. The molecule has 3 N–H and O–H groups in total. The summed E-state index contributed by atoms with van der Waals surface area (Å²) in [5, 5.41) is 2.89. The number of nitrogens with two attached hydrogens (primary N) is 1. The normalized spacial score (nSPS) is 10.4. The van der Waals surface area contributed by atoms with Gasteiger partial charge in [-0.1, -0.05) is 35.0 Å². The zero-order valence-electron chi connectivity index (χ0n) is 11.7. The summed E-state index contributed by atoms with van der Waals surface area (Å²) >= 11 is 4.83. The van der Waals surface area contributed by atoms with Crippen LogP contribution in [-0.2, 0) is 11.2 Å². The van der Waals surface area contributed by atoms with Gasteiger partial charge in [0.1, 0.15) is 0 Å². The molecule has 0 heterocycles. The highest BCUT2D eigenvalue weighted by molar-refractivity contribution is 9.10. The Kier molecular flexibility index (Phi) is 5.70. The maximum Gasteiger partial charge on any atom is 0.234 e. The number of nitrogens with one attached hydrogen (secondary N) is 1. The predicted molar refractivity (Wildman–Crippen MR) is 93.7 cm³/mol. The summed E-state index contributed by atoms with van der Waals surface area (Å²) in [5.41, 5.74) is 8.64. The molecular weight excluding hydrogens is 348 g/mol. The van der Waals surface area contributed by atoms with Gasteiger partial charge in [-0.2, -0.15) is 0 Å². The predicted octanol–water partition coefficient (Wildman–Crippen LogP) is 4.32. The Labute approximate surface area is 137 Å². The number of aryl methyl sites for hydroxylation is 1. The van der Waals surface area contributed by atoms with Crippen LogP contribution in [0.3, 0.4) is 0 Å². The van der Waals surface area contributed by atoms with Gasteiger partial charge in [0, 0.05) is 20.7 Å². The molecule has 0 aliphatic rings. The Morgan fingerprint density at radius 2 is 1.95 bits per heavy atom. The Balaban J connectivity index is 1.91. The summed E-state index contributed by atoms with van der Waals surface area (Å²) < 4.78 is 0.953. The van der Waals surface area contributed by atoms with E-state index in [9.17, 15) is 4.79 Å². The zero-order valence-corrected chi connectivity index (χ0v) is 14.1. The first-order chi connectivity index (χ1) is 10.1. The zero-order chi connectivity index (χ0) is 15.2. The van der Waals surface area contributed by atoms with Crippen LogP contribution in [0.4, 0.5) is 11.4 Å². The quantitative estimate of drug-likeness (QED) is 0.613. The van der Waals surface area contributed by atoms with Crippen molar-refractivity contribution in [3.05, 3.63) is 52.5 Å². The van der Waals surface area contributed by atoms with Crippen molar-refractivity contribution >= 4 is 45.0 Å². The number of benzene rings is 2. The second-order valence-electron chi connectivity index (χ2n) is 4.57. The summed E-state index contributed by atoms with van der Waals surface area (Å²) in [6.07, 6.45) is 0.992. The number of rotatable bonds is 5. The molecule has 0 spiro atoms. The summed E-state index contributed by atoms with van der Waals surface area (Å²) in [6, 6.07) is 13.5. The first-order valence-electron chi connectivity index (χ1n) is 6.65. The van der Waals surface area contributed by atoms with Crippen molar-refractivity contribution in [2.75, 3.05) is 16.8 Å². The number of hydrogen-bond acceptors (Lipinski definition) is 3. The molecule has 0 saturated heterocycles. The van der Waals surface area contributed by atoms with Gasteiger partial charge in [-0.15, -0.1) is 11.8 Å². The highest BCUT2D eigenvalue weighted by atomic mass is 79.9. The van der Waals surface area contributed by atoms with Crippen molar-refractivity contribution in [2.45, 2.75) is 18.2 Å². The van der Waals surface area contributed by atoms with Crippen LogP contribution >= 0.6 is 27.7 Å². The molecule has 0 fully saturated rings. The first-order valence-corrected chi connectivity index (χ1v) is 8.43. The maximum absolute atomic E-state index is 12.0. The Hall–Kier alpha value is -1.46. The number of anilines is 2. The minimum atomic E-state index is -0.0383. The number of nitrogen functional groups attached to an aromatic ring is 1. The van der Waals surface area contributed by atoms with Gasteiger partial charge in [0.05, 0.1) is 5.75 Å². The molecule has 2 aromatic carbocycles. The maximum atomic E-state index is 12.0. The minimum absolute atomic E-state index is 0.0383. The van der Waals surface area contributed by atoms with Crippen molar-refractivity contribution in [1.82, 2.24) is 0 Å². The van der Waals surface area contributed by atoms with Crippen LogP contribution in [0.5, 0.6) is 0 Å². The third kappa shape index (κ3) is 4.79. The van der Waals surface area contributed by atoms with Crippen molar-refractivity contribution in [1.29, 1.82) is 0 Å². The molecule has 0 bridgehead atoms. The lowest BCUT2D eigenvalue weighted by molar-refractivity contribution is -0.113. The summed E-state index contributed by atoms with van der Waals surface area (Å²) in [4.78, 5) is 12.9. The summed E-state index contributed by atoms with van der Waals surface area (Å²) in [6.45, 7) is 2.10. The van der Waals surface area contributed by atoms with Crippen LogP contribution in [0.2, 0.25) is 0 Å². The monoisotopic (exact) mass is 364 g/mol. The molecule has 110 valence electrons. The Morgan fingerprint density at radius 3 is 2.62 bits per heavy atom. The second-order valence-corrected chi connectivity index (χ2v) is 6.50. The van der Waals surface area contributed by atoms with Crippen LogP contribution in [0.25, 0.3) is 0 Å². The molecule has 2 rings (SSSR count). The first kappa shape index (κ1) is 15.9. The molecule has 2 aromatic rings. The Morgan fingerprint density at radius 1 is 1.24 bits per heavy atom. The van der Waals surface area contributed by atoms with Crippen LogP contribution in [-0.4, -0.2) is 11.7 Å². The fourth-order valence-corrected chi connectivity index (χ4v) is 3.11. The van der Waals surface area contributed by atoms with E-state index >= 15 is 0 Å². The lowest BCUT2D eigenvalue weighted by Gasteiger charge is -2.08. The van der Waals surface area contributed by atoms with Gasteiger partial charge in [-0.3, -0.25) is 4.79 Å². The average molecular weight is 365 g/mol. The average Bonchev–Trinajstić information content (AvgIpc) is 2.49. The third-order valence-electron chi connectivity index (χ3n) is 2.98. The lowest BCUT2D eigenvalue weighted by atomic mass is 10.1. The van der Waals surface area contributed by atoms with E-state index < -0.39 is 0 Å². The SMILES string of the molecule is CCc1ccc(NC(=O)CSc2cc(Br)ccc2N)cc1. The van der Waals surface area contributed by atoms with Gasteiger partial charge >= 0.3 is 0 Å². The molecule has 5 heteroatoms. The van der Waals surface area contributed by atoms with Crippen molar-refractivity contribution < 1.29 is 4.79 Å². The van der Waals surface area contributed by atoms with Crippen LogP contribution < -0.4 is 11.1 Å². The van der Waals surface area contributed by atoms with Crippen molar-refractivity contribution in [3.8, 4) is 0 Å². The van der Waals surface area contributed by atoms with Gasteiger partial charge in [0.15, 0.2) is 0 Å². The summed E-state index contributed by atoms with van der Waals surface area (Å²) in [7, 11) is 0.